The van der Waals surface area contributed by atoms with E-state index < -0.39 is 15.7 Å². The van der Waals surface area contributed by atoms with Crippen molar-refractivity contribution in [1.82, 2.24) is 9.97 Å². The van der Waals surface area contributed by atoms with E-state index in [9.17, 15) is 12.8 Å². The predicted molar refractivity (Wildman–Crippen MR) is 79.0 cm³/mol. The number of nitrogens with one attached hydrogen (secondary N) is 1. The maximum atomic E-state index is 13.4. The molecule has 1 aromatic carbocycles. The van der Waals surface area contributed by atoms with E-state index in [1.807, 2.05) is 6.92 Å². The number of hydrogen-bond donors (Lipinski definition) is 1. The summed E-state index contributed by atoms with van der Waals surface area (Å²) in [6, 6.07) is 4.07. The molecule has 0 radical (unpaired) electrons. The maximum absolute atomic E-state index is 13.4. The third-order valence-corrected chi connectivity index (χ3v) is 3.64. The highest BCUT2D eigenvalue weighted by atomic mass is 32.2. The van der Waals surface area contributed by atoms with Crippen LogP contribution in [0.3, 0.4) is 0 Å². The minimum absolute atomic E-state index is 0.126. The van der Waals surface area contributed by atoms with Crippen molar-refractivity contribution in [3.63, 3.8) is 0 Å². The van der Waals surface area contributed by atoms with Crippen molar-refractivity contribution in [2.45, 2.75) is 19.2 Å². The second kappa shape index (κ2) is 6.17. The number of hydrogen-bond acceptors (Lipinski definition) is 5. The number of sulfone groups is 1. The van der Waals surface area contributed by atoms with Gasteiger partial charge >= 0.3 is 0 Å². The molecule has 0 unspecified atom stereocenters. The Bertz CT molecular complexity index is 730. The number of nitrogens with zero attached hydrogens (tertiary/aromatic N) is 2. The summed E-state index contributed by atoms with van der Waals surface area (Å²) in [5.74, 6) is -0.122. The van der Waals surface area contributed by atoms with Crippen molar-refractivity contribution < 1.29 is 12.8 Å². The molecular formula is C14H16FN3O2S. The van der Waals surface area contributed by atoms with E-state index >= 15 is 0 Å². The maximum Gasteiger partial charge on any atom is 0.222 e. The quantitative estimate of drug-likeness (QED) is 0.915. The molecule has 1 heterocycles. The highest BCUT2D eigenvalue weighted by molar-refractivity contribution is 7.89. The third-order valence-electron chi connectivity index (χ3n) is 2.80. The first-order valence-corrected chi connectivity index (χ1v) is 8.37. The monoisotopic (exact) mass is 309 g/mol. The SMILES string of the molecule is Cc1cnc(NCc2cc(F)ccc2CS(C)(=O)=O)nc1. The van der Waals surface area contributed by atoms with E-state index in [0.29, 0.717) is 17.1 Å². The zero-order valence-electron chi connectivity index (χ0n) is 11.8. The molecule has 0 bridgehead atoms. The summed E-state index contributed by atoms with van der Waals surface area (Å²) in [5, 5.41) is 2.96. The molecule has 0 amide bonds. The van der Waals surface area contributed by atoms with E-state index in [-0.39, 0.29) is 12.3 Å². The lowest BCUT2D eigenvalue weighted by molar-refractivity contribution is 0.600. The molecule has 7 heteroatoms. The Morgan fingerprint density at radius 3 is 2.48 bits per heavy atom. The second-order valence-electron chi connectivity index (χ2n) is 4.92. The fourth-order valence-electron chi connectivity index (χ4n) is 1.84. The summed E-state index contributed by atoms with van der Waals surface area (Å²) in [7, 11) is -3.18. The van der Waals surface area contributed by atoms with E-state index in [1.54, 1.807) is 12.4 Å². The molecule has 0 aliphatic rings. The number of rotatable bonds is 5. The van der Waals surface area contributed by atoms with Gasteiger partial charge in [0.05, 0.1) is 5.75 Å². The molecule has 2 aromatic rings. The summed E-state index contributed by atoms with van der Waals surface area (Å²) in [5.41, 5.74) is 2.08. The summed E-state index contributed by atoms with van der Waals surface area (Å²) >= 11 is 0. The first-order valence-electron chi connectivity index (χ1n) is 6.31. The van der Waals surface area contributed by atoms with Gasteiger partial charge in [0.1, 0.15) is 5.82 Å². The number of aryl methyl sites for hydroxylation is 1. The molecule has 5 nitrogen and oxygen atoms in total. The summed E-state index contributed by atoms with van der Waals surface area (Å²) < 4.78 is 36.2. The molecule has 21 heavy (non-hydrogen) atoms. The minimum Gasteiger partial charge on any atom is -0.350 e. The molecule has 1 N–H and O–H groups in total. The Morgan fingerprint density at radius 1 is 1.19 bits per heavy atom. The van der Waals surface area contributed by atoms with Crippen LogP contribution in [0.1, 0.15) is 16.7 Å². The van der Waals surface area contributed by atoms with Gasteiger partial charge in [-0.1, -0.05) is 6.07 Å². The normalized spacial score (nSPS) is 11.4. The number of benzene rings is 1. The van der Waals surface area contributed by atoms with Crippen molar-refractivity contribution in [2.24, 2.45) is 0 Å². The van der Waals surface area contributed by atoms with Crippen molar-refractivity contribution >= 4 is 15.8 Å². The summed E-state index contributed by atoms with van der Waals surface area (Å²) in [6.07, 6.45) is 4.48. The van der Waals surface area contributed by atoms with Crippen LogP contribution in [0.5, 0.6) is 0 Å². The molecule has 0 aliphatic heterocycles. The van der Waals surface area contributed by atoms with Crippen LogP contribution in [0.4, 0.5) is 10.3 Å². The Labute approximate surface area is 123 Å². The fraction of sp³-hybridized carbons (Fsp3) is 0.286. The van der Waals surface area contributed by atoms with Crippen molar-refractivity contribution in [3.05, 3.63) is 53.1 Å². The smallest absolute Gasteiger partial charge is 0.222 e. The molecule has 112 valence electrons. The molecule has 0 fully saturated rings. The van der Waals surface area contributed by atoms with Gasteiger partial charge in [-0.2, -0.15) is 0 Å². The Morgan fingerprint density at radius 2 is 1.86 bits per heavy atom. The zero-order valence-corrected chi connectivity index (χ0v) is 12.6. The lowest BCUT2D eigenvalue weighted by Crippen LogP contribution is -2.09. The Balaban J connectivity index is 2.18. The summed E-state index contributed by atoms with van der Waals surface area (Å²) in [4.78, 5) is 8.17. The van der Waals surface area contributed by atoms with Crippen LogP contribution < -0.4 is 5.32 Å². The number of anilines is 1. The highest BCUT2D eigenvalue weighted by Gasteiger charge is 2.10. The molecule has 0 saturated heterocycles. The largest absolute Gasteiger partial charge is 0.350 e. The van der Waals surface area contributed by atoms with Gasteiger partial charge in [0, 0.05) is 25.2 Å². The lowest BCUT2D eigenvalue weighted by Gasteiger charge is -2.10. The second-order valence-corrected chi connectivity index (χ2v) is 7.06. The van der Waals surface area contributed by atoms with Gasteiger partial charge < -0.3 is 5.32 Å². The number of halogens is 1. The van der Waals surface area contributed by atoms with Gasteiger partial charge in [-0.15, -0.1) is 0 Å². The van der Waals surface area contributed by atoms with E-state index in [2.05, 4.69) is 15.3 Å². The standard InChI is InChI=1S/C14H16FN3O2S/c1-10-6-16-14(17-7-10)18-8-12-5-13(15)4-3-11(12)9-21(2,19)20/h3-7H,8-9H2,1-2H3,(H,16,17,18). The molecule has 0 saturated carbocycles. The highest BCUT2D eigenvalue weighted by Crippen LogP contribution is 2.15. The van der Waals surface area contributed by atoms with Gasteiger partial charge in [-0.05, 0) is 35.7 Å². The van der Waals surface area contributed by atoms with E-state index in [0.717, 1.165) is 11.8 Å². The lowest BCUT2D eigenvalue weighted by atomic mass is 10.1. The van der Waals surface area contributed by atoms with Gasteiger partial charge in [0.2, 0.25) is 5.95 Å². The van der Waals surface area contributed by atoms with Crippen molar-refractivity contribution in [3.8, 4) is 0 Å². The molecule has 0 atom stereocenters. The predicted octanol–water partition coefficient (Wildman–Crippen LogP) is 2.08. The van der Waals surface area contributed by atoms with Gasteiger partial charge in [0.15, 0.2) is 9.84 Å². The average molecular weight is 309 g/mol. The van der Waals surface area contributed by atoms with Gasteiger partial charge in [0.25, 0.3) is 0 Å². The summed E-state index contributed by atoms with van der Waals surface area (Å²) in [6.45, 7) is 2.13. The average Bonchev–Trinajstić information content (AvgIpc) is 2.39. The number of aromatic nitrogens is 2. The van der Waals surface area contributed by atoms with Crippen molar-refractivity contribution in [2.75, 3.05) is 11.6 Å². The molecule has 0 spiro atoms. The van der Waals surface area contributed by atoms with Crippen LogP contribution in [0.25, 0.3) is 0 Å². The first-order chi connectivity index (χ1) is 9.83. The van der Waals surface area contributed by atoms with Crippen LogP contribution in [-0.2, 0) is 22.1 Å². The van der Waals surface area contributed by atoms with Crippen LogP contribution >= 0.6 is 0 Å². The molecule has 2 rings (SSSR count). The molecule has 1 aromatic heterocycles. The molecular weight excluding hydrogens is 293 g/mol. The van der Waals surface area contributed by atoms with Crippen LogP contribution in [-0.4, -0.2) is 24.6 Å². The Kier molecular flexibility index (Phi) is 4.52. The zero-order chi connectivity index (χ0) is 15.5. The molecule has 0 aliphatic carbocycles. The van der Waals surface area contributed by atoms with Gasteiger partial charge in [-0.25, -0.2) is 22.8 Å². The van der Waals surface area contributed by atoms with Gasteiger partial charge in [-0.3, -0.25) is 0 Å². The van der Waals surface area contributed by atoms with Crippen LogP contribution in [0, 0.1) is 12.7 Å². The minimum atomic E-state index is -3.18. The van der Waals surface area contributed by atoms with E-state index in [4.69, 9.17) is 0 Å². The Hall–Kier alpha value is -2.02. The first kappa shape index (κ1) is 15.4. The van der Waals surface area contributed by atoms with Crippen molar-refractivity contribution in [1.29, 1.82) is 0 Å². The van der Waals surface area contributed by atoms with Crippen LogP contribution in [0.2, 0.25) is 0 Å². The van der Waals surface area contributed by atoms with Crippen LogP contribution in [0.15, 0.2) is 30.6 Å². The van der Waals surface area contributed by atoms with E-state index in [1.165, 1.54) is 18.2 Å². The third kappa shape index (κ3) is 4.78. The fourth-order valence-corrected chi connectivity index (χ4v) is 2.69. The topological polar surface area (TPSA) is 72.0 Å².